The van der Waals surface area contributed by atoms with Crippen LogP contribution in [0.5, 0.6) is 0 Å². The number of nitrogens with zero attached hydrogens (tertiary/aromatic N) is 2. The van der Waals surface area contributed by atoms with Crippen LogP contribution >= 0.6 is 0 Å². The summed E-state index contributed by atoms with van der Waals surface area (Å²) in [5.41, 5.74) is 1.64. The molecule has 1 rings (SSSR count). The zero-order valence-corrected chi connectivity index (χ0v) is 12.9. The standard InChI is InChI=1S/C18H20N2O2/c1-5-10-16-11-6-7-12-17(16)18(19-3,20-4)13-8-9-14-22-15(2)21/h10,16-17H,1,6-7,11-14H2,2H3/t16-,17?/m1/s1. The van der Waals surface area contributed by atoms with E-state index >= 15 is 0 Å². The zero-order valence-electron chi connectivity index (χ0n) is 12.9. The van der Waals surface area contributed by atoms with Gasteiger partial charge in [0.1, 0.15) is 5.92 Å². The summed E-state index contributed by atoms with van der Waals surface area (Å²) in [5.74, 6) is 5.27. The van der Waals surface area contributed by atoms with Crippen molar-refractivity contribution in [2.75, 3.05) is 6.61 Å². The van der Waals surface area contributed by atoms with Crippen molar-refractivity contribution in [1.82, 2.24) is 0 Å². The van der Waals surface area contributed by atoms with Crippen LogP contribution in [0.4, 0.5) is 0 Å². The Morgan fingerprint density at radius 2 is 2.05 bits per heavy atom. The highest BCUT2D eigenvalue weighted by molar-refractivity contribution is 5.66. The van der Waals surface area contributed by atoms with Crippen molar-refractivity contribution in [3.8, 4) is 11.8 Å². The Bertz CT molecular complexity index is 577. The fraction of sp³-hybridized carbons (Fsp3) is 0.556. The van der Waals surface area contributed by atoms with Gasteiger partial charge in [-0.1, -0.05) is 31.3 Å². The third kappa shape index (κ3) is 4.53. The molecule has 0 aliphatic heterocycles. The number of carbonyl (C=O) groups excluding carboxylic acids is 1. The molecule has 114 valence electrons. The number of rotatable bonds is 4. The van der Waals surface area contributed by atoms with Crippen molar-refractivity contribution < 1.29 is 9.53 Å². The van der Waals surface area contributed by atoms with Gasteiger partial charge in [0.15, 0.2) is 13.0 Å². The van der Waals surface area contributed by atoms with Gasteiger partial charge >= 0.3 is 11.6 Å². The third-order valence-electron chi connectivity index (χ3n) is 3.95. The maximum Gasteiger partial charge on any atom is 0.496 e. The second kappa shape index (κ2) is 8.74. The predicted octanol–water partition coefficient (Wildman–Crippen LogP) is 3.63. The van der Waals surface area contributed by atoms with Crippen LogP contribution in [0.15, 0.2) is 18.4 Å². The maximum atomic E-state index is 10.7. The first-order chi connectivity index (χ1) is 10.6. The Morgan fingerprint density at radius 1 is 1.36 bits per heavy atom. The van der Waals surface area contributed by atoms with Crippen LogP contribution in [-0.4, -0.2) is 18.2 Å². The molecular formula is C18H20N2O2. The molecular weight excluding hydrogens is 276 g/mol. The molecule has 0 radical (unpaired) electrons. The van der Waals surface area contributed by atoms with Gasteiger partial charge in [-0.05, 0) is 18.9 Å². The number of esters is 1. The molecule has 0 N–H and O–H groups in total. The fourth-order valence-corrected chi connectivity index (χ4v) is 2.87. The Balaban J connectivity index is 2.90. The molecule has 0 bridgehead atoms. The van der Waals surface area contributed by atoms with Crippen molar-refractivity contribution in [1.29, 1.82) is 0 Å². The summed E-state index contributed by atoms with van der Waals surface area (Å²) in [4.78, 5) is 18.0. The first-order valence-electron chi connectivity index (χ1n) is 7.32. The van der Waals surface area contributed by atoms with Gasteiger partial charge in [0.2, 0.25) is 0 Å². The summed E-state index contributed by atoms with van der Waals surface area (Å²) in [7, 11) is 0. The SMILES string of the molecule is [C-]#[N+]C(CC#CCOC(C)=O)([N+]#[C-])C1CCCC[C@H]1C=C=C. The highest BCUT2D eigenvalue weighted by Gasteiger charge is 2.55. The second-order valence-electron chi connectivity index (χ2n) is 5.34. The molecule has 0 aromatic heterocycles. The van der Waals surface area contributed by atoms with E-state index in [-0.39, 0.29) is 30.8 Å². The third-order valence-corrected chi connectivity index (χ3v) is 3.95. The van der Waals surface area contributed by atoms with E-state index in [1.807, 2.05) is 6.08 Å². The molecule has 1 fully saturated rings. The van der Waals surface area contributed by atoms with Gasteiger partial charge in [0, 0.05) is 12.8 Å². The monoisotopic (exact) mass is 296 g/mol. The van der Waals surface area contributed by atoms with Crippen LogP contribution < -0.4 is 0 Å². The van der Waals surface area contributed by atoms with Gasteiger partial charge in [-0.15, -0.1) is 5.73 Å². The highest BCUT2D eigenvalue weighted by atomic mass is 16.5. The van der Waals surface area contributed by atoms with Crippen molar-refractivity contribution in [2.24, 2.45) is 11.8 Å². The first kappa shape index (κ1) is 17.6. The average Bonchev–Trinajstić information content (AvgIpc) is 2.52. The summed E-state index contributed by atoms with van der Waals surface area (Å²) in [5, 5.41) is 0. The Hall–Kier alpha value is -2.47. The molecule has 0 spiro atoms. The van der Waals surface area contributed by atoms with Crippen molar-refractivity contribution in [3.05, 3.63) is 41.2 Å². The van der Waals surface area contributed by atoms with Gasteiger partial charge in [0.25, 0.3) is 0 Å². The lowest BCUT2D eigenvalue weighted by molar-refractivity contribution is -0.139. The quantitative estimate of drug-likeness (QED) is 0.344. The Labute approximate surface area is 132 Å². The van der Waals surface area contributed by atoms with Crippen LogP contribution in [0.25, 0.3) is 9.69 Å². The van der Waals surface area contributed by atoms with E-state index in [0.29, 0.717) is 0 Å². The van der Waals surface area contributed by atoms with Gasteiger partial charge in [-0.2, -0.15) is 0 Å². The van der Waals surface area contributed by atoms with Crippen molar-refractivity contribution >= 4 is 5.97 Å². The number of hydrogen-bond acceptors (Lipinski definition) is 2. The normalized spacial score (nSPS) is 20.3. The zero-order chi connectivity index (χ0) is 16.4. The number of allylic oxidation sites excluding steroid dienone is 1. The largest absolute Gasteiger partial charge is 0.496 e. The van der Waals surface area contributed by atoms with E-state index in [4.69, 9.17) is 17.9 Å². The van der Waals surface area contributed by atoms with Crippen LogP contribution in [0.3, 0.4) is 0 Å². The van der Waals surface area contributed by atoms with Crippen LogP contribution in [0.1, 0.15) is 39.0 Å². The fourth-order valence-electron chi connectivity index (χ4n) is 2.87. The van der Waals surface area contributed by atoms with Crippen molar-refractivity contribution in [2.45, 2.75) is 44.7 Å². The topological polar surface area (TPSA) is 35.0 Å². The van der Waals surface area contributed by atoms with Gasteiger partial charge in [-0.3, -0.25) is 4.79 Å². The van der Waals surface area contributed by atoms with E-state index in [2.05, 4.69) is 33.8 Å². The minimum absolute atomic E-state index is 0.00205. The molecule has 4 nitrogen and oxygen atoms in total. The van der Waals surface area contributed by atoms with Gasteiger partial charge in [-0.25, -0.2) is 22.8 Å². The molecule has 1 unspecified atom stereocenters. The predicted molar refractivity (Wildman–Crippen MR) is 84.1 cm³/mol. The smallest absolute Gasteiger partial charge is 0.453 e. The number of ether oxygens (including phenoxy) is 1. The maximum absolute atomic E-state index is 10.7. The molecule has 0 saturated heterocycles. The van der Waals surface area contributed by atoms with Crippen LogP contribution in [-0.2, 0) is 9.53 Å². The molecule has 0 aromatic carbocycles. The lowest BCUT2D eigenvalue weighted by Gasteiger charge is -2.29. The van der Waals surface area contributed by atoms with Crippen LogP contribution in [0.2, 0.25) is 0 Å². The van der Waals surface area contributed by atoms with Crippen molar-refractivity contribution in [3.63, 3.8) is 0 Å². The molecule has 4 heteroatoms. The minimum atomic E-state index is -1.17. The van der Waals surface area contributed by atoms with Crippen LogP contribution in [0, 0.1) is 36.8 Å². The van der Waals surface area contributed by atoms with Gasteiger partial charge < -0.3 is 4.74 Å². The van der Waals surface area contributed by atoms with E-state index in [9.17, 15) is 4.79 Å². The molecule has 1 aliphatic carbocycles. The average molecular weight is 296 g/mol. The summed E-state index contributed by atoms with van der Waals surface area (Å²) < 4.78 is 4.74. The number of hydrogen-bond donors (Lipinski definition) is 0. The Morgan fingerprint density at radius 3 is 2.64 bits per heavy atom. The van der Waals surface area contributed by atoms with E-state index in [1.54, 1.807) is 0 Å². The lowest BCUT2D eigenvalue weighted by Crippen LogP contribution is -2.37. The molecule has 22 heavy (non-hydrogen) atoms. The molecule has 2 atom stereocenters. The molecule has 1 aliphatic rings. The van der Waals surface area contributed by atoms with E-state index in [1.165, 1.54) is 6.92 Å². The molecule has 0 amide bonds. The number of carbonyl (C=O) groups is 1. The summed E-state index contributed by atoms with van der Waals surface area (Å²) >= 11 is 0. The second-order valence-corrected chi connectivity index (χ2v) is 5.34. The van der Waals surface area contributed by atoms with Gasteiger partial charge in [0.05, 0.1) is 0 Å². The lowest BCUT2D eigenvalue weighted by atomic mass is 9.71. The minimum Gasteiger partial charge on any atom is -0.453 e. The molecule has 1 saturated carbocycles. The summed E-state index contributed by atoms with van der Waals surface area (Å²) in [6, 6.07) is 0. The van der Waals surface area contributed by atoms with E-state index in [0.717, 1.165) is 25.7 Å². The Kier molecular flexibility index (Phi) is 6.98. The summed E-state index contributed by atoms with van der Waals surface area (Å²) in [6.45, 7) is 20.0. The first-order valence-corrected chi connectivity index (χ1v) is 7.32. The molecule has 0 heterocycles. The summed E-state index contributed by atoms with van der Waals surface area (Å²) in [6.07, 6.45) is 6.00. The van der Waals surface area contributed by atoms with E-state index < -0.39 is 5.66 Å². The molecule has 0 aromatic rings. The highest BCUT2D eigenvalue weighted by Crippen LogP contribution is 2.42.